The molecular weight excluding hydrogens is 460 g/mol. The summed E-state index contributed by atoms with van der Waals surface area (Å²) >= 11 is 0. The third-order valence-corrected chi connectivity index (χ3v) is 6.45. The Hall–Kier alpha value is -3.39. The Morgan fingerprint density at radius 1 is 0.972 bits per heavy atom. The molecule has 0 radical (unpaired) electrons. The molecule has 2 atom stereocenters. The fraction of sp³-hybridized carbons (Fsp3) is 0.464. The van der Waals surface area contributed by atoms with Crippen LogP contribution in [-0.2, 0) is 37.0 Å². The topological polar surface area (TPSA) is 85.4 Å². The van der Waals surface area contributed by atoms with E-state index in [9.17, 15) is 14.4 Å². The third kappa shape index (κ3) is 5.70. The minimum Gasteiger partial charge on any atom is -0.459 e. The molecule has 0 bridgehead atoms. The van der Waals surface area contributed by atoms with Crippen LogP contribution in [0.1, 0.15) is 44.7 Å². The highest BCUT2D eigenvalue weighted by Crippen LogP contribution is 2.41. The van der Waals surface area contributed by atoms with E-state index >= 15 is 0 Å². The monoisotopic (exact) mass is 494 g/mol. The van der Waals surface area contributed by atoms with E-state index in [4.69, 9.17) is 14.2 Å². The van der Waals surface area contributed by atoms with Gasteiger partial charge >= 0.3 is 12.1 Å². The van der Waals surface area contributed by atoms with Gasteiger partial charge in [-0.1, -0.05) is 60.7 Å². The summed E-state index contributed by atoms with van der Waals surface area (Å²) in [7, 11) is 0. The Morgan fingerprint density at radius 2 is 1.58 bits per heavy atom. The van der Waals surface area contributed by atoms with Gasteiger partial charge in [0, 0.05) is 6.54 Å². The average Bonchev–Trinajstić information content (AvgIpc) is 3.31. The molecule has 2 saturated heterocycles. The van der Waals surface area contributed by atoms with Crippen LogP contribution in [0.15, 0.2) is 60.7 Å². The predicted molar refractivity (Wildman–Crippen MR) is 133 cm³/mol. The van der Waals surface area contributed by atoms with E-state index in [1.54, 1.807) is 20.8 Å². The van der Waals surface area contributed by atoms with Crippen molar-refractivity contribution in [2.24, 2.45) is 0 Å². The molecule has 2 aliphatic heterocycles. The normalized spacial score (nSPS) is 20.2. The van der Waals surface area contributed by atoms with Crippen molar-refractivity contribution in [3.05, 3.63) is 71.8 Å². The van der Waals surface area contributed by atoms with Crippen molar-refractivity contribution in [2.75, 3.05) is 19.7 Å². The van der Waals surface area contributed by atoms with Gasteiger partial charge in [-0.05, 0) is 44.7 Å². The molecule has 0 N–H and O–H groups in total. The van der Waals surface area contributed by atoms with Crippen LogP contribution in [0.5, 0.6) is 0 Å². The molecule has 2 aromatic carbocycles. The predicted octanol–water partition coefficient (Wildman–Crippen LogP) is 3.93. The van der Waals surface area contributed by atoms with Crippen LogP contribution in [-0.4, -0.2) is 64.6 Å². The molecule has 1 spiro atoms. The number of amides is 2. The lowest BCUT2D eigenvalue weighted by molar-refractivity contribution is -0.177. The fourth-order valence-electron chi connectivity index (χ4n) is 4.67. The summed E-state index contributed by atoms with van der Waals surface area (Å²) in [6, 6.07) is 18.1. The first kappa shape index (κ1) is 25.7. The van der Waals surface area contributed by atoms with E-state index < -0.39 is 29.2 Å². The van der Waals surface area contributed by atoms with Crippen molar-refractivity contribution in [2.45, 2.75) is 64.0 Å². The molecule has 2 amide bonds. The zero-order valence-corrected chi connectivity index (χ0v) is 21.1. The second kappa shape index (κ2) is 10.7. The molecule has 192 valence electrons. The zero-order chi connectivity index (χ0) is 25.8. The minimum absolute atomic E-state index is 0.00320. The SMILES string of the molecule is CC(C)(C)OC(=O)N1CCCC12CN([C@@H](COCc1ccccc1)C(=O)OCc1ccccc1)C2=O. The number of likely N-dealkylation sites (tertiary alicyclic amines) is 2. The number of hydrogen-bond donors (Lipinski definition) is 0. The first-order chi connectivity index (χ1) is 17.2. The average molecular weight is 495 g/mol. The number of esters is 1. The van der Waals surface area contributed by atoms with Crippen LogP contribution >= 0.6 is 0 Å². The lowest BCUT2D eigenvalue weighted by atomic mass is 9.84. The largest absolute Gasteiger partial charge is 0.459 e. The molecular formula is C28H34N2O6. The number of carbonyl (C=O) groups is 3. The summed E-state index contributed by atoms with van der Waals surface area (Å²) in [5, 5.41) is 0. The van der Waals surface area contributed by atoms with Crippen molar-refractivity contribution < 1.29 is 28.6 Å². The number of benzene rings is 2. The van der Waals surface area contributed by atoms with Gasteiger partial charge in [-0.25, -0.2) is 9.59 Å². The molecule has 36 heavy (non-hydrogen) atoms. The van der Waals surface area contributed by atoms with Crippen LogP contribution in [0.4, 0.5) is 4.79 Å². The first-order valence-electron chi connectivity index (χ1n) is 12.3. The minimum atomic E-state index is -0.972. The van der Waals surface area contributed by atoms with Gasteiger partial charge in [-0.3, -0.25) is 9.69 Å². The van der Waals surface area contributed by atoms with E-state index in [0.717, 1.165) is 11.1 Å². The number of hydrogen-bond acceptors (Lipinski definition) is 6. The highest BCUT2D eigenvalue weighted by molar-refractivity contribution is 5.99. The lowest BCUT2D eigenvalue weighted by Gasteiger charge is -2.52. The van der Waals surface area contributed by atoms with Crippen LogP contribution in [0, 0.1) is 0 Å². The Labute approximate surface area is 212 Å². The number of β-lactam (4-membered cyclic amide) rings is 1. The van der Waals surface area contributed by atoms with Crippen molar-refractivity contribution in [3.8, 4) is 0 Å². The van der Waals surface area contributed by atoms with Crippen LogP contribution in [0.3, 0.4) is 0 Å². The molecule has 2 heterocycles. The maximum atomic E-state index is 13.5. The van der Waals surface area contributed by atoms with Crippen molar-refractivity contribution in [3.63, 3.8) is 0 Å². The van der Waals surface area contributed by atoms with Gasteiger partial charge in [0.2, 0.25) is 0 Å². The van der Waals surface area contributed by atoms with Gasteiger partial charge in [0.15, 0.2) is 6.04 Å². The second-order valence-corrected chi connectivity index (χ2v) is 10.3. The van der Waals surface area contributed by atoms with Crippen LogP contribution in [0.25, 0.3) is 0 Å². The smallest absolute Gasteiger partial charge is 0.411 e. The van der Waals surface area contributed by atoms with E-state index in [0.29, 0.717) is 26.0 Å². The van der Waals surface area contributed by atoms with E-state index in [1.807, 2.05) is 60.7 Å². The number of nitrogens with zero attached hydrogens (tertiary/aromatic N) is 2. The van der Waals surface area contributed by atoms with Gasteiger partial charge < -0.3 is 19.1 Å². The maximum Gasteiger partial charge on any atom is 0.411 e. The van der Waals surface area contributed by atoms with Crippen molar-refractivity contribution in [1.29, 1.82) is 0 Å². The maximum absolute atomic E-state index is 13.5. The lowest BCUT2D eigenvalue weighted by Crippen LogP contribution is -2.76. The quantitative estimate of drug-likeness (QED) is 0.408. The van der Waals surface area contributed by atoms with Crippen LogP contribution in [0.2, 0.25) is 0 Å². The van der Waals surface area contributed by atoms with E-state index in [-0.39, 0.29) is 25.7 Å². The molecule has 2 aromatic rings. The molecule has 8 nitrogen and oxygen atoms in total. The molecule has 0 aliphatic carbocycles. The molecule has 0 aromatic heterocycles. The summed E-state index contributed by atoms with van der Waals surface area (Å²) in [6.45, 7) is 6.48. The van der Waals surface area contributed by atoms with E-state index in [2.05, 4.69) is 0 Å². The van der Waals surface area contributed by atoms with Gasteiger partial charge in [0.25, 0.3) is 5.91 Å². The highest BCUT2D eigenvalue weighted by Gasteiger charge is 2.62. The molecule has 4 rings (SSSR count). The van der Waals surface area contributed by atoms with Gasteiger partial charge in [-0.2, -0.15) is 0 Å². The highest BCUT2D eigenvalue weighted by atomic mass is 16.6. The molecule has 2 aliphatic rings. The summed E-state index contributed by atoms with van der Waals surface area (Å²) in [4.78, 5) is 42.5. The zero-order valence-electron chi connectivity index (χ0n) is 21.1. The van der Waals surface area contributed by atoms with Gasteiger partial charge in [-0.15, -0.1) is 0 Å². The van der Waals surface area contributed by atoms with Crippen molar-refractivity contribution in [1.82, 2.24) is 9.80 Å². The summed E-state index contributed by atoms with van der Waals surface area (Å²) in [5.74, 6) is -0.798. The molecule has 0 saturated carbocycles. The Balaban J connectivity index is 1.45. The fourth-order valence-corrected chi connectivity index (χ4v) is 4.67. The molecule has 8 heteroatoms. The number of rotatable bonds is 8. The first-order valence-corrected chi connectivity index (χ1v) is 12.3. The third-order valence-electron chi connectivity index (χ3n) is 6.45. The summed E-state index contributed by atoms with van der Waals surface area (Å²) < 4.78 is 17.0. The number of ether oxygens (including phenoxy) is 3. The summed E-state index contributed by atoms with van der Waals surface area (Å²) in [6.07, 6.45) is 0.738. The Morgan fingerprint density at radius 3 is 2.17 bits per heavy atom. The number of carbonyl (C=O) groups excluding carboxylic acids is 3. The molecule has 2 fully saturated rings. The van der Waals surface area contributed by atoms with Crippen LogP contribution < -0.4 is 0 Å². The van der Waals surface area contributed by atoms with Gasteiger partial charge in [0.1, 0.15) is 17.7 Å². The second-order valence-electron chi connectivity index (χ2n) is 10.3. The standard InChI is InChI=1S/C28H34N2O6/c1-27(2,3)36-26(33)30-16-10-15-28(30)20-29(25(28)32)23(19-34-17-21-11-6-4-7-12-21)24(31)35-18-22-13-8-5-9-14-22/h4-9,11-14,23H,10,15-20H2,1-3H3/t23-,28?/m0/s1. The van der Waals surface area contributed by atoms with Crippen molar-refractivity contribution >= 4 is 18.0 Å². The molecule has 1 unspecified atom stereocenters. The Bertz CT molecular complexity index is 1070. The van der Waals surface area contributed by atoms with Gasteiger partial charge in [0.05, 0.1) is 19.8 Å². The Kier molecular flexibility index (Phi) is 7.64. The summed E-state index contributed by atoms with van der Waals surface area (Å²) in [5.41, 5.74) is 0.183. The van der Waals surface area contributed by atoms with E-state index in [1.165, 1.54) is 9.80 Å².